The van der Waals surface area contributed by atoms with Gasteiger partial charge < -0.3 is 15.2 Å². The summed E-state index contributed by atoms with van der Waals surface area (Å²) < 4.78 is 5.35. The zero-order chi connectivity index (χ0) is 14.5. The zero-order valence-corrected chi connectivity index (χ0v) is 12.5. The second-order valence-corrected chi connectivity index (χ2v) is 5.73. The number of hydrogen-bond acceptors (Lipinski definition) is 3. The molecule has 1 fully saturated rings. The molecule has 1 aliphatic rings. The van der Waals surface area contributed by atoms with Crippen LogP contribution in [0.4, 0.5) is 0 Å². The highest BCUT2D eigenvalue weighted by Gasteiger charge is 2.24. The molecule has 0 bridgehead atoms. The minimum atomic E-state index is -0.466. The van der Waals surface area contributed by atoms with Gasteiger partial charge in [-0.25, -0.2) is 0 Å². The van der Waals surface area contributed by atoms with Gasteiger partial charge in [0.25, 0.3) is 5.91 Å². The lowest BCUT2D eigenvalue weighted by Gasteiger charge is -2.28. The van der Waals surface area contributed by atoms with Crippen LogP contribution >= 0.6 is 23.2 Å². The first kappa shape index (κ1) is 15.4. The lowest BCUT2D eigenvalue weighted by Crippen LogP contribution is -2.46. The molecule has 0 saturated heterocycles. The summed E-state index contributed by atoms with van der Waals surface area (Å²) in [5, 5.41) is 13.4. The number of ether oxygens (including phenoxy) is 1. The topological polar surface area (TPSA) is 58.6 Å². The Labute approximate surface area is 128 Å². The molecule has 1 saturated carbocycles. The highest BCUT2D eigenvalue weighted by molar-refractivity contribution is 6.35. The Bertz CT molecular complexity index is 481. The highest BCUT2D eigenvalue weighted by atomic mass is 35.5. The fourth-order valence-electron chi connectivity index (χ4n) is 2.26. The Balaban J connectivity index is 1.82. The second kappa shape index (κ2) is 7.16. The molecule has 1 aliphatic carbocycles. The van der Waals surface area contributed by atoms with E-state index in [1.165, 1.54) is 0 Å². The molecule has 0 aromatic heterocycles. The molecule has 2 rings (SSSR count). The minimum absolute atomic E-state index is 0.134. The van der Waals surface area contributed by atoms with Gasteiger partial charge in [0.1, 0.15) is 5.75 Å². The largest absolute Gasteiger partial charge is 0.482 e. The van der Waals surface area contributed by atoms with E-state index in [1.807, 2.05) is 0 Å². The normalized spacial score (nSPS) is 22.4. The molecule has 1 aromatic rings. The standard InChI is InChI=1S/C14H17Cl2NO3/c15-9-5-6-13(10(16)7-9)20-8-14(19)17-11-3-1-2-4-12(11)18/h5-7,11-12,18H,1-4,8H2,(H,17,19)/t11-,12-/m1/s1. The van der Waals surface area contributed by atoms with E-state index in [2.05, 4.69) is 5.32 Å². The fourth-order valence-corrected chi connectivity index (χ4v) is 2.73. The number of nitrogens with one attached hydrogen (secondary N) is 1. The molecular formula is C14H17Cl2NO3. The molecule has 110 valence electrons. The van der Waals surface area contributed by atoms with Crippen molar-refractivity contribution < 1.29 is 14.6 Å². The van der Waals surface area contributed by atoms with Gasteiger partial charge in [0, 0.05) is 5.02 Å². The summed E-state index contributed by atoms with van der Waals surface area (Å²) in [6.07, 6.45) is 3.09. The molecule has 0 unspecified atom stereocenters. The predicted octanol–water partition coefficient (Wildman–Crippen LogP) is 2.79. The molecular weight excluding hydrogens is 301 g/mol. The Morgan fingerprint density at radius 3 is 2.80 bits per heavy atom. The lowest BCUT2D eigenvalue weighted by molar-refractivity contribution is -0.125. The number of carbonyl (C=O) groups is 1. The maximum absolute atomic E-state index is 11.8. The summed E-state index contributed by atoms with van der Waals surface area (Å²) in [7, 11) is 0. The van der Waals surface area contributed by atoms with Gasteiger partial charge in [0.2, 0.25) is 0 Å². The van der Waals surface area contributed by atoms with Crippen LogP contribution in [0.2, 0.25) is 10.0 Å². The quantitative estimate of drug-likeness (QED) is 0.897. The first-order chi connectivity index (χ1) is 9.56. The first-order valence-corrected chi connectivity index (χ1v) is 7.37. The Kier molecular flexibility index (Phi) is 5.52. The summed E-state index contributed by atoms with van der Waals surface area (Å²) in [5.74, 6) is 0.150. The van der Waals surface area contributed by atoms with Crippen LogP contribution in [-0.4, -0.2) is 29.8 Å². The molecule has 1 aromatic carbocycles. The Morgan fingerprint density at radius 1 is 1.35 bits per heavy atom. The highest BCUT2D eigenvalue weighted by Crippen LogP contribution is 2.27. The number of aliphatic hydroxyl groups is 1. The van der Waals surface area contributed by atoms with E-state index in [4.69, 9.17) is 27.9 Å². The van der Waals surface area contributed by atoms with Crippen molar-refractivity contribution in [3.8, 4) is 5.75 Å². The maximum atomic E-state index is 11.8. The van der Waals surface area contributed by atoms with Crippen molar-refractivity contribution in [3.05, 3.63) is 28.2 Å². The molecule has 0 heterocycles. The fraction of sp³-hybridized carbons (Fsp3) is 0.500. The predicted molar refractivity (Wildman–Crippen MR) is 78.4 cm³/mol. The van der Waals surface area contributed by atoms with Crippen molar-refractivity contribution >= 4 is 29.1 Å². The average Bonchev–Trinajstić information content (AvgIpc) is 2.40. The molecule has 0 radical (unpaired) electrons. The van der Waals surface area contributed by atoms with Crippen molar-refractivity contribution in [1.82, 2.24) is 5.32 Å². The SMILES string of the molecule is O=C(COc1ccc(Cl)cc1Cl)N[C@@H]1CCCC[C@H]1O. The van der Waals surface area contributed by atoms with E-state index in [9.17, 15) is 9.90 Å². The summed E-state index contributed by atoms with van der Waals surface area (Å²) in [4.78, 5) is 11.8. The van der Waals surface area contributed by atoms with Crippen LogP contribution in [-0.2, 0) is 4.79 Å². The number of halogens is 2. The Morgan fingerprint density at radius 2 is 2.10 bits per heavy atom. The second-order valence-electron chi connectivity index (χ2n) is 4.89. The van der Waals surface area contributed by atoms with Crippen LogP contribution in [0.25, 0.3) is 0 Å². The molecule has 2 atom stereocenters. The van der Waals surface area contributed by atoms with E-state index in [0.717, 1.165) is 25.7 Å². The smallest absolute Gasteiger partial charge is 0.258 e. The number of rotatable bonds is 4. The average molecular weight is 318 g/mol. The van der Waals surface area contributed by atoms with Crippen LogP contribution < -0.4 is 10.1 Å². The summed E-state index contributed by atoms with van der Waals surface area (Å²) in [6.45, 7) is -0.134. The van der Waals surface area contributed by atoms with Gasteiger partial charge >= 0.3 is 0 Å². The van der Waals surface area contributed by atoms with Crippen molar-refractivity contribution in [3.63, 3.8) is 0 Å². The zero-order valence-electron chi connectivity index (χ0n) is 10.9. The number of amides is 1. The van der Waals surface area contributed by atoms with Gasteiger partial charge in [-0.05, 0) is 31.0 Å². The van der Waals surface area contributed by atoms with E-state index in [0.29, 0.717) is 15.8 Å². The van der Waals surface area contributed by atoms with Crippen molar-refractivity contribution in [2.75, 3.05) is 6.61 Å². The molecule has 0 spiro atoms. The maximum Gasteiger partial charge on any atom is 0.258 e. The third-order valence-electron chi connectivity index (χ3n) is 3.33. The van der Waals surface area contributed by atoms with Gasteiger partial charge in [0.05, 0.1) is 17.2 Å². The monoisotopic (exact) mass is 317 g/mol. The first-order valence-electron chi connectivity index (χ1n) is 6.61. The van der Waals surface area contributed by atoms with Crippen LogP contribution in [0, 0.1) is 0 Å². The molecule has 1 amide bonds. The van der Waals surface area contributed by atoms with Gasteiger partial charge in [-0.1, -0.05) is 36.0 Å². The van der Waals surface area contributed by atoms with Crippen LogP contribution in [0.1, 0.15) is 25.7 Å². The van der Waals surface area contributed by atoms with E-state index < -0.39 is 6.10 Å². The number of hydrogen-bond donors (Lipinski definition) is 2. The third kappa shape index (κ3) is 4.27. The van der Waals surface area contributed by atoms with Gasteiger partial charge in [-0.2, -0.15) is 0 Å². The number of benzene rings is 1. The Hall–Kier alpha value is -0.970. The summed E-state index contributed by atoms with van der Waals surface area (Å²) in [6, 6.07) is 4.64. The number of carbonyl (C=O) groups excluding carboxylic acids is 1. The lowest BCUT2D eigenvalue weighted by atomic mass is 9.92. The van der Waals surface area contributed by atoms with Crippen LogP contribution in [0.5, 0.6) is 5.75 Å². The van der Waals surface area contributed by atoms with Crippen molar-refractivity contribution in [1.29, 1.82) is 0 Å². The molecule has 0 aliphatic heterocycles. The third-order valence-corrected chi connectivity index (χ3v) is 3.86. The van der Waals surface area contributed by atoms with Crippen LogP contribution in [0.15, 0.2) is 18.2 Å². The van der Waals surface area contributed by atoms with Gasteiger partial charge in [0.15, 0.2) is 6.61 Å². The molecule has 2 N–H and O–H groups in total. The number of aliphatic hydroxyl groups excluding tert-OH is 1. The molecule has 6 heteroatoms. The van der Waals surface area contributed by atoms with Crippen molar-refractivity contribution in [2.24, 2.45) is 0 Å². The van der Waals surface area contributed by atoms with Crippen molar-refractivity contribution in [2.45, 2.75) is 37.8 Å². The van der Waals surface area contributed by atoms with E-state index >= 15 is 0 Å². The van der Waals surface area contributed by atoms with E-state index in [1.54, 1.807) is 18.2 Å². The minimum Gasteiger partial charge on any atom is -0.482 e. The van der Waals surface area contributed by atoms with Gasteiger partial charge in [-0.15, -0.1) is 0 Å². The summed E-state index contributed by atoms with van der Waals surface area (Å²) >= 11 is 11.7. The van der Waals surface area contributed by atoms with Gasteiger partial charge in [-0.3, -0.25) is 4.79 Å². The van der Waals surface area contributed by atoms with Crippen LogP contribution in [0.3, 0.4) is 0 Å². The molecule has 4 nitrogen and oxygen atoms in total. The van der Waals surface area contributed by atoms with E-state index in [-0.39, 0.29) is 18.6 Å². The summed E-state index contributed by atoms with van der Waals surface area (Å²) in [5.41, 5.74) is 0. The molecule has 20 heavy (non-hydrogen) atoms.